The number of benzene rings is 1. The average molecular weight is 468 g/mol. The molecule has 1 unspecified atom stereocenters. The predicted molar refractivity (Wildman–Crippen MR) is 145 cm³/mol. The first-order valence-electron chi connectivity index (χ1n) is 13.9. The van der Waals surface area contributed by atoms with Gasteiger partial charge in [0.15, 0.2) is 0 Å². The number of allylic oxidation sites excluding steroid dienone is 1. The second-order valence-electron chi connectivity index (χ2n) is 11.5. The van der Waals surface area contributed by atoms with Gasteiger partial charge in [0.25, 0.3) is 0 Å². The van der Waals surface area contributed by atoms with Crippen LogP contribution < -0.4 is 10.6 Å². The molecule has 4 nitrogen and oxygen atoms in total. The van der Waals surface area contributed by atoms with Gasteiger partial charge in [0, 0.05) is 31.4 Å². The molecule has 4 heteroatoms. The van der Waals surface area contributed by atoms with Crippen LogP contribution in [-0.4, -0.2) is 42.5 Å². The van der Waals surface area contributed by atoms with Gasteiger partial charge in [-0.2, -0.15) is 0 Å². The van der Waals surface area contributed by atoms with E-state index in [1.54, 1.807) is 0 Å². The number of carbonyl (C=O) groups excluding carboxylic acids is 1. The van der Waals surface area contributed by atoms with Crippen LogP contribution in [0, 0.1) is 11.8 Å². The molecule has 1 aromatic carbocycles. The lowest BCUT2D eigenvalue weighted by Gasteiger charge is -2.41. The molecular weight excluding hydrogens is 418 g/mol. The fourth-order valence-corrected chi connectivity index (χ4v) is 5.70. The summed E-state index contributed by atoms with van der Waals surface area (Å²) < 4.78 is 0. The van der Waals surface area contributed by atoms with E-state index in [-0.39, 0.29) is 11.9 Å². The van der Waals surface area contributed by atoms with Gasteiger partial charge in [-0.05, 0) is 75.5 Å². The predicted octanol–water partition coefficient (Wildman–Crippen LogP) is 6.34. The third-order valence-electron chi connectivity index (χ3n) is 7.72. The maximum Gasteiger partial charge on any atom is 0.239 e. The Morgan fingerprint density at radius 1 is 1.09 bits per heavy atom. The average Bonchev–Trinajstić information content (AvgIpc) is 2.83. The molecule has 1 saturated carbocycles. The highest BCUT2D eigenvalue weighted by Crippen LogP contribution is 2.29. The van der Waals surface area contributed by atoms with E-state index in [1.807, 2.05) is 4.90 Å². The molecule has 0 radical (unpaired) electrons. The second-order valence-corrected chi connectivity index (χ2v) is 11.5. The number of hydrogen-bond acceptors (Lipinski definition) is 3. The van der Waals surface area contributed by atoms with Crippen molar-refractivity contribution in [2.75, 3.05) is 24.5 Å². The fourth-order valence-electron chi connectivity index (χ4n) is 5.70. The van der Waals surface area contributed by atoms with Crippen molar-refractivity contribution in [3.05, 3.63) is 41.5 Å². The van der Waals surface area contributed by atoms with Crippen molar-refractivity contribution in [1.29, 1.82) is 0 Å². The first-order valence-corrected chi connectivity index (χ1v) is 13.9. The van der Waals surface area contributed by atoms with Crippen molar-refractivity contribution in [3.8, 4) is 0 Å². The molecule has 1 aromatic rings. The molecule has 1 amide bonds. The zero-order chi connectivity index (χ0) is 24.5. The number of aryl methyl sites for hydroxylation is 1. The minimum atomic E-state index is -0.381. The van der Waals surface area contributed by atoms with E-state index in [1.165, 1.54) is 61.8 Å². The summed E-state index contributed by atoms with van der Waals surface area (Å²) in [6, 6.07) is 9.22. The van der Waals surface area contributed by atoms with E-state index in [0.29, 0.717) is 12.0 Å². The second kappa shape index (κ2) is 13.3. The normalized spacial score (nSPS) is 20.3. The van der Waals surface area contributed by atoms with Gasteiger partial charge >= 0.3 is 0 Å². The number of nitrogens with zero attached hydrogens (tertiary/aromatic N) is 2. The number of amides is 1. The molecule has 2 atom stereocenters. The minimum Gasteiger partial charge on any atom is -0.363 e. The van der Waals surface area contributed by atoms with Gasteiger partial charge in [-0.15, -0.1) is 0 Å². The first-order chi connectivity index (χ1) is 16.3. The zero-order valence-corrected chi connectivity index (χ0v) is 22.3. The van der Waals surface area contributed by atoms with E-state index < -0.39 is 0 Å². The molecule has 0 bridgehead atoms. The van der Waals surface area contributed by atoms with Crippen LogP contribution in [0.15, 0.2) is 35.9 Å². The van der Waals surface area contributed by atoms with Crippen LogP contribution in [0.3, 0.4) is 0 Å². The molecule has 2 N–H and O–H groups in total. The molecule has 1 aliphatic carbocycles. The number of hydrogen-bond donors (Lipinski definition) is 1. The molecule has 1 saturated heterocycles. The quantitative estimate of drug-likeness (QED) is 0.409. The largest absolute Gasteiger partial charge is 0.363 e. The summed E-state index contributed by atoms with van der Waals surface area (Å²) in [6.07, 6.45) is 14.9. The van der Waals surface area contributed by atoms with Crippen LogP contribution in [0.1, 0.15) is 91.0 Å². The highest BCUT2D eigenvalue weighted by molar-refractivity contribution is 5.81. The van der Waals surface area contributed by atoms with Crippen LogP contribution in [0.5, 0.6) is 0 Å². The molecule has 2 aliphatic rings. The van der Waals surface area contributed by atoms with Gasteiger partial charge in [-0.3, -0.25) is 4.79 Å². The zero-order valence-electron chi connectivity index (χ0n) is 22.3. The lowest BCUT2D eigenvalue weighted by molar-refractivity contribution is -0.134. The van der Waals surface area contributed by atoms with Crippen molar-refractivity contribution < 1.29 is 4.79 Å². The summed E-state index contributed by atoms with van der Waals surface area (Å²) in [4.78, 5) is 17.6. The van der Waals surface area contributed by atoms with Gasteiger partial charge in [0.05, 0.1) is 6.04 Å². The minimum absolute atomic E-state index is 0.124. The van der Waals surface area contributed by atoms with Crippen molar-refractivity contribution in [2.24, 2.45) is 17.6 Å². The van der Waals surface area contributed by atoms with Crippen LogP contribution >= 0.6 is 0 Å². The summed E-state index contributed by atoms with van der Waals surface area (Å²) in [5, 5.41) is 0. The Hall–Kier alpha value is -1.81. The van der Waals surface area contributed by atoms with E-state index in [4.69, 9.17) is 5.73 Å². The Morgan fingerprint density at radius 2 is 1.79 bits per heavy atom. The topological polar surface area (TPSA) is 49.6 Å². The Balaban J connectivity index is 1.66. The summed E-state index contributed by atoms with van der Waals surface area (Å²) in [7, 11) is 0. The summed E-state index contributed by atoms with van der Waals surface area (Å²) in [5.74, 6) is 1.49. The summed E-state index contributed by atoms with van der Waals surface area (Å²) >= 11 is 0. The van der Waals surface area contributed by atoms with Crippen molar-refractivity contribution in [3.63, 3.8) is 0 Å². The van der Waals surface area contributed by atoms with E-state index in [0.717, 1.165) is 44.8 Å². The van der Waals surface area contributed by atoms with E-state index in [2.05, 4.69) is 62.9 Å². The lowest BCUT2D eigenvalue weighted by atomic mass is 9.85. The van der Waals surface area contributed by atoms with Gasteiger partial charge in [-0.25, -0.2) is 0 Å². The van der Waals surface area contributed by atoms with Gasteiger partial charge in [0.2, 0.25) is 5.91 Å². The van der Waals surface area contributed by atoms with Crippen molar-refractivity contribution >= 4 is 11.6 Å². The lowest BCUT2D eigenvalue weighted by Crippen LogP contribution is -2.54. The number of anilines is 1. The molecule has 0 aromatic heterocycles. The van der Waals surface area contributed by atoms with E-state index in [9.17, 15) is 4.79 Å². The third kappa shape index (κ3) is 8.15. The molecule has 2 fully saturated rings. The molecule has 34 heavy (non-hydrogen) atoms. The standard InChI is InChI=1S/C30H49N3O/c1-23(2)18-20-33(28-11-8-19-32(22-28)30(34)29(31)21-24(3)4)27-16-14-26(15-17-27)13-12-25-9-6-5-7-10-25/h14-18,24-25,28-29H,5-13,19-22,31H2,1-4H3/t28?,29-/m0/s1. The SMILES string of the molecule is CC(C)=CCN(c1ccc(CCC2CCCCC2)cc1)C1CCCN(C(=O)[C@@H](N)CC(C)C)C1. The Labute approximate surface area is 209 Å². The highest BCUT2D eigenvalue weighted by atomic mass is 16.2. The molecular formula is C30H49N3O. The fraction of sp³-hybridized carbons (Fsp3) is 0.700. The van der Waals surface area contributed by atoms with Crippen LogP contribution in [0.2, 0.25) is 0 Å². The molecule has 1 aliphatic heterocycles. The van der Waals surface area contributed by atoms with Gasteiger partial charge in [0.1, 0.15) is 0 Å². The maximum absolute atomic E-state index is 13.0. The van der Waals surface area contributed by atoms with Gasteiger partial charge < -0.3 is 15.5 Å². The molecule has 190 valence electrons. The first kappa shape index (κ1) is 26.8. The summed E-state index contributed by atoms with van der Waals surface area (Å²) in [5.41, 5.74) is 10.3. The monoisotopic (exact) mass is 467 g/mol. The number of carbonyl (C=O) groups is 1. The van der Waals surface area contributed by atoms with Crippen molar-refractivity contribution in [2.45, 2.75) is 104 Å². The van der Waals surface area contributed by atoms with Crippen molar-refractivity contribution in [1.82, 2.24) is 4.90 Å². The smallest absolute Gasteiger partial charge is 0.239 e. The third-order valence-corrected chi connectivity index (χ3v) is 7.72. The highest BCUT2D eigenvalue weighted by Gasteiger charge is 2.30. The Kier molecular flexibility index (Phi) is 10.5. The summed E-state index contributed by atoms with van der Waals surface area (Å²) in [6.45, 7) is 11.1. The number of rotatable bonds is 10. The number of piperidine rings is 1. The van der Waals surface area contributed by atoms with Crippen LogP contribution in [-0.2, 0) is 11.2 Å². The van der Waals surface area contributed by atoms with Gasteiger partial charge in [-0.1, -0.05) is 69.7 Å². The van der Waals surface area contributed by atoms with Crippen LogP contribution in [0.4, 0.5) is 5.69 Å². The Morgan fingerprint density at radius 3 is 2.44 bits per heavy atom. The molecule has 0 spiro atoms. The maximum atomic E-state index is 13.0. The molecule has 1 heterocycles. The Bertz CT molecular complexity index is 775. The number of likely N-dealkylation sites (tertiary alicyclic amines) is 1. The number of nitrogens with two attached hydrogens (primary N) is 1. The van der Waals surface area contributed by atoms with E-state index >= 15 is 0 Å². The molecule has 3 rings (SSSR count). The van der Waals surface area contributed by atoms with Crippen LogP contribution in [0.25, 0.3) is 0 Å².